The first-order chi connectivity index (χ1) is 8.66. The summed E-state index contributed by atoms with van der Waals surface area (Å²) < 4.78 is 4.80. The molecule has 2 aromatic heterocycles. The zero-order valence-electron chi connectivity index (χ0n) is 9.26. The number of nitrogens with two attached hydrogens (primary N) is 1. The van der Waals surface area contributed by atoms with E-state index in [0.717, 1.165) is 0 Å². The maximum Gasteiger partial charge on any atom is 0.253 e. The fourth-order valence-electron chi connectivity index (χ4n) is 1.32. The molecule has 0 atom stereocenters. The number of anilines is 1. The number of rotatable bonds is 4. The molecule has 0 saturated carbocycles. The highest BCUT2D eigenvalue weighted by Crippen LogP contribution is 2.14. The number of aromatic nitrogens is 3. The predicted molar refractivity (Wildman–Crippen MR) is 64.0 cm³/mol. The van der Waals surface area contributed by atoms with Crippen LogP contribution < -0.4 is 11.1 Å². The highest BCUT2D eigenvalue weighted by atomic mass is 35.5. The molecule has 0 aliphatic rings. The Morgan fingerprint density at radius 1 is 1.50 bits per heavy atom. The molecular weight excluding hydrogens is 258 g/mol. The number of nitrogens with zero attached hydrogens (tertiary/aromatic N) is 3. The summed E-state index contributed by atoms with van der Waals surface area (Å²) in [6, 6.07) is 1.42. The lowest BCUT2D eigenvalue weighted by Crippen LogP contribution is -2.26. The van der Waals surface area contributed by atoms with E-state index in [9.17, 15) is 4.79 Å². The molecule has 0 unspecified atom stereocenters. The van der Waals surface area contributed by atoms with Crippen LogP contribution >= 0.6 is 11.6 Å². The number of nitrogens with one attached hydrogen (secondary N) is 1. The Morgan fingerprint density at radius 3 is 3.06 bits per heavy atom. The monoisotopic (exact) mass is 267 g/mol. The van der Waals surface area contributed by atoms with E-state index in [4.69, 9.17) is 21.9 Å². The Kier molecular flexibility index (Phi) is 3.73. The molecule has 3 N–H and O–H groups in total. The summed E-state index contributed by atoms with van der Waals surface area (Å²) >= 11 is 5.70. The van der Waals surface area contributed by atoms with Crippen molar-refractivity contribution >= 4 is 23.2 Å². The summed E-state index contributed by atoms with van der Waals surface area (Å²) in [5.74, 6) is 0.132. The van der Waals surface area contributed by atoms with E-state index in [1.807, 2.05) is 0 Å². The molecular formula is C10H10ClN5O2. The lowest BCUT2D eigenvalue weighted by atomic mass is 10.2. The molecule has 0 aliphatic carbocycles. The van der Waals surface area contributed by atoms with Crippen LogP contribution in [0.3, 0.4) is 0 Å². The quantitative estimate of drug-likeness (QED) is 0.789. The first kappa shape index (κ1) is 12.3. The maximum absolute atomic E-state index is 11.8. The Morgan fingerprint density at radius 2 is 2.33 bits per heavy atom. The summed E-state index contributed by atoms with van der Waals surface area (Å²) in [7, 11) is 0. The van der Waals surface area contributed by atoms with Gasteiger partial charge in [0, 0.05) is 13.0 Å². The van der Waals surface area contributed by atoms with E-state index < -0.39 is 0 Å². The van der Waals surface area contributed by atoms with Gasteiger partial charge >= 0.3 is 0 Å². The van der Waals surface area contributed by atoms with Crippen molar-refractivity contribution in [2.24, 2.45) is 0 Å². The van der Waals surface area contributed by atoms with Crippen molar-refractivity contribution in [3.8, 4) is 0 Å². The molecule has 0 bridgehead atoms. The van der Waals surface area contributed by atoms with Crippen LogP contribution in [0.4, 0.5) is 5.69 Å². The number of hydrogen-bond acceptors (Lipinski definition) is 6. The average Bonchev–Trinajstić information content (AvgIpc) is 2.85. The van der Waals surface area contributed by atoms with Crippen molar-refractivity contribution in [2.45, 2.75) is 6.42 Å². The number of carbonyl (C=O) groups is 1. The van der Waals surface area contributed by atoms with E-state index in [-0.39, 0.29) is 16.7 Å². The molecule has 0 aromatic carbocycles. The SMILES string of the molecule is Nc1cnc(Cl)cc1C(=O)NCCc1ncno1. The molecule has 2 aromatic rings. The number of amides is 1. The number of hydrogen-bond donors (Lipinski definition) is 2. The molecule has 0 radical (unpaired) electrons. The number of carbonyl (C=O) groups excluding carboxylic acids is 1. The van der Waals surface area contributed by atoms with Gasteiger partial charge in [-0.1, -0.05) is 16.8 Å². The first-order valence-electron chi connectivity index (χ1n) is 5.11. The van der Waals surface area contributed by atoms with Gasteiger partial charge in [-0.3, -0.25) is 4.79 Å². The molecule has 1 amide bonds. The van der Waals surface area contributed by atoms with Crippen molar-refractivity contribution < 1.29 is 9.32 Å². The van der Waals surface area contributed by atoms with E-state index in [1.165, 1.54) is 18.6 Å². The predicted octanol–water partition coefficient (Wildman–Crippen LogP) is 0.673. The van der Waals surface area contributed by atoms with Crippen molar-refractivity contribution in [1.29, 1.82) is 0 Å². The molecule has 7 nitrogen and oxygen atoms in total. The number of halogens is 1. The van der Waals surface area contributed by atoms with Crippen LogP contribution in [-0.2, 0) is 6.42 Å². The van der Waals surface area contributed by atoms with E-state index in [1.54, 1.807) is 0 Å². The van der Waals surface area contributed by atoms with Gasteiger partial charge in [0.05, 0.1) is 17.4 Å². The molecule has 94 valence electrons. The highest BCUT2D eigenvalue weighted by Gasteiger charge is 2.11. The van der Waals surface area contributed by atoms with E-state index in [2.05, 4.69) is 20.4 Å². The van der Waals surface area contributed by atoms with Crippen molar-refractivity contribution in [3.05, 3.63) is 35.2 Å². The molecule has 18 heavy (non-hydrogen) atoms. The van der Waals surface area contributed by atoms with Gasteiger partial charge in [-0.25, -0.2) is 4.98 Å². The average molecular weight is 268 g/mol. The standard InChI is InChI=1S/C10H10ClN5O2/c11-8-3-6(7(12)4-14-8)10(17)13-2-1-9-15-5-16-18-9/h3-5H,1-2,12H2,(H,13,17). The zero-order valence-corrected chi connectivity index (χ0v) is 10.0. The second kappa shape index (κ2) is 5.46. The summed E-state index contributed by atoms with van der Waals surface area (Å²) in [6.07, 6.45) is 3.09. The third-order valence-electron chi connectivity index (χ3n) is 2.18. The summed E-state index contributed by atoms with van der Waals surface area (Å²) in [6.45, 7) is 0.362. The van der Waals surface area contributed by atoms with Crippen molar-refractivity contribution in [1.82, 2.24) is 20.4 Å². The van der Waals surface area contributed by atoms with Crippen LogP contribution in [0.25, 0.3) is 0 Å². The largest absolute Gasteiger partial charge is 0.397 e. The first-order valence-corrected chi connectivity index (χ1v) is 5.49. The Balaban J connectivity index is 1.93. The van der Waals surface area contributed by atoms with Gasteiger partial charge in [-0.2, -0.15) is 4.98 Å². The second-order valence-corrected chi connectivity index (χ2v) is 3.82. The normalized spacial score (nSPS) is 10.3. The third-order valence-corrected chi connectivity index (χ3v) is 2.38. The van der Waals surface area contributed by atoms with Crippen LogP contribution in [0.5, 0.6) is 0 Å². The lowest BCUT2D eigenvalue weighted by molar-refractivity contribution is 0.0954. The van der Waals surface area contributed by atoms with Crippen LogP contribution in [0.2, 0.25) is 5.15 Å². The lowest BCUT2D eigenvalue weighted by Gasteiger charge is -2.06. The van der Waals surface area contributed by atoms with E-state index >= 15 is 0 Å². The summed E-state index contributed by atoms with van der Waals surface area (Å²) in [4.78, 5) is 19.4. The van der Waals surface area contributed by atoms with Crippen LogP contribution in [0.1, 0.15) is 16.2 Å². The Hall–Kier alpha value is -2.15. The van der Waals surface area contributed by atoms with Crippen molar-refractivity contribution in [3.63, 3.8) is 0 Å². The third kappa shape index (κ3) is 2.95. The molecule has 2 heterocycles. The maximum atomic E-state index is 11.8. The zero-order chi connectivity index (χ0) is 13.0. The Labute approximate surface area is 107 Å². The summed E-state index contributed by atoms with van der Waals surface area (Å²) in [5, 5.41) is 6.35. The van der Waals surface area contributed by atoms with Gasteiger partial charge in [0.2, 0.25) is 5.89 Å². The van der Waals surface area contributed by atoms with Gasteiger partial charge in [-0.15, -0.1) is 0 Å². The summed E-state index contributed by atoms with van der Waals surface area (Å²) in [5.41, 5.74) is 6.20. The van der Waals surface area contributed by atoms with Gasteiger partial charge < -0.3 is 15.6 Å². The molecule has 0 saturated heterocycles. The van der Waals surface area contributed by atoms with Crippen LogP contribution in [0, 0.1) is 0 Å². The Bertz CT molecular complexity index is 543. The fraction of sp³-hybridized carbons (Fsp3) is 0.200. The minimum absolute atomic E-state index is 0.214. The van der Waals surface area contributed by atoms with Crippen molar-refractivity contribution in [2.75, 3.05) is 12.3 Å². The molecule has 8 heteroatoms. The minimum atomic E-state index is -0.323. The molecule has 0 spiro atoms. The highest BCUT2D eigenvalue weighted by molar-refractivity contribution is 6.29. The smallest absolute Gasteiger partial charge is 0.253 e. The minimum Gasteiger partial charge on any atom is -0.397 e. The van der Waals surface area contributed by atoms with E-state index in [0.29, 0.717) is 24.4 Å². The number of pyridine rings is 1. The topological polar surface area (TPSA) is 107 Å². The van der Waals surface area contributed by atoms with Gasteiger partial charge in [0.15, 0.2) is 6.33 Å². The van der Waals surface area contributed by atoms with Gasteiger partial charge in [-0.05, 0) is 6.07 Å². The van der Waals surface area contributed by atoms with Crippen LogP contribution in [0.15, 0.2) is 23.1 Å². The molecule has 0 fully saturated rings. The van der Waals surface area contributed by atoms with Crippen LogP contribution in [-0.4, -0.2) is 27.6 Å². The molecule has 2 rings (SSSR count). The van der Waals surface area contributed by atoms with Gasteiger partial charge in [0.1, 0.15) is 5.15 Å². The number of nitrogen functional groups attached to an aromatic ring is 1. The fourth-order valence-corrected chi connectivity index (χ4v) is 1.48. The molecule has 0 aliphatic heterocycles. The second-order valence-electron chi connectivity index (χ2n) is 3.44. The van der Waals surface area contributed by atoms with Gasteiger partial charge in [0.25, 0.3) is 5.91 Å².